The second-order valence-corrected chi connectivity index (χ2v) is 5.29. The van der Waals surface area contributed by atoms with Gasteiger partial charge in [0.15, 0.2) is 5.75 Å². The van der Waals surface area contributed by atoms with Crippen molar-refractivity contribution in [3.63, 3.8) is 0 Å². The number of fused-ring (bicyclic) bond motifs is 1. The average molecular weight is 255 g/mol. The number of nitrogens with zero attached hydrogens (tertiary/aromatic N) is 1. The number of nitrogens with two attached hydrogens (primary N) is 1. The molecular formula is C12H15ClN2O2. The third-order valence-electron chi connectivity index (χ3n) is 2.87. The molecule has 2 rings (SSSR count). The van der Waals surface area contributed by atoms with Crippen molar-refractivity contribution in [3.8, 4) is 5.75 Å². The molecule has 0 fully saturated rings. The molecule has 0 spiro atoms. The number of halogens is 1. The SMILES string of the molecule is CN1C(=O)C(C)(C)COc2c(Cl)cc(N)cc21. The van der Waals surface area contributed by atoms with Gasteiger partial charge in [-0.1, -0.05) is 11.6 Å². The summed E-state index contributed by atoms with van der Waals surface area (Å²) in [6, 6.07) is 3.32. The van der Waals surface area contributed by atoms with Gasteiger partial charge in [-0.15, -0.1) is 0 Å². The van der Waals surface area contributed by atoms with E-state index in [4.69, 9.17) is 22.1 Å². The van der Waals surface area contributed by atoms with E-state index in [9.17, 15) is 4.79 Å². The van der Waals surface area contributed by atoms with Crippen molar-refractivity contribution < 1.29 is 9.53 Å². The minimum atomic E-state index is -0.578. The van der Waals surface area contributed by atoms with Gasteiger partial charge in [0.05, 0.1) is 16.1 Å². The van der Waals surface area contributed by atoms with Crippen LogP contribution in [0.1, 0.15) is 13.8 Å². The van der Waals surface area contributed by atoms with Crippen LogP contribution in [0.2, 0.25) is 5.02 Å². The molecule has 0 aliphatic carbocycles. The summed E-state index contributed by atoms with van der Waals surface area (Å²) >= 11 is 6.08. The van der Waals surface area contributed by atoms with Crippen LogP contribution >= 0.6 is 11.6 Å². The Morgan fingerprint density at radius 1 is 1.47 bits per heavy atom. The highest BCUT2D eigenvalue weighted by Crippen LogP contribution is 2.41. The first kappa shape index (κ1) is 12.0. The second kappa shape index (κ2) is 3.81. The zero-order valence-corrected chi connectivity index (χ0v) is 10.8. The van der Waals surface area contributed by atoms with Gasteiger partial charge in [-0.25, -0.2) is 0 Å². The van der Waals surface area contributed by atoms with E-state index in [1.54, 1.807) is 24.1 Å². The summed E-state index contributed by atoms with van der Waals surface area (Å²) < 4.78 is 5.64. The molecule has 1 aromatic carbocycles. The van der Waals surface area contributed by atoms with Crippen molar-refractivity contribution in [1.29, 1.82) is 0 Å². The number of rotatable bonds is 0. The fourth-order valence-corrected chi connectivity index (χ4v) is 2.15. The Morgan fingerprint density at radius 2 is 2.12 bits per heavy atom. The van der Waals surface area contributed by atoms with Crippen molar-refractivity contribution in [3.05, 3.63) is 17.2 Å². The molecule has 1 aliphatic rings. The van der Waals surface area contributed by atoms with Crippen molar-refractivity contribution in [2.24, 2.45) is 5.41 Å². The largest absolute Gasteiger partial charge is 0.489 e. The number of hydrogen-bond acceptors (Lipinski definition) is 3. The fraction of sp³-hybridized carbons (Fsp3) is 0.417. The lowest BCUT2D eigenvalue weighted by atomic mass is 9.93. The van der Waals surface area contributed by atoms with Crippen LogP contribution < -0.4 is 15.4 Å². The maximum atomic E-state index is 12.2. The molecular weight excluding hydrogens is 240 g/mol. The zero-order chi connectivity index (χ0) is 12.8. The summed E-state index contributed by atoms with van der Waals surface area (Å²) in [6.07, 6.45) is 0. The normalized spacial score (nSPS) is 18.4. The summed E-state index contributed by atoms with van der Waals surface area (Å²) in [5.41, 5.74) is 6.28. The number of amides is 1. The molecule has 0 unspecified atom stereocenters. The Kier molecular flexibility index (Phi) is 2.70. The van der Waals surface area contributed by atoms with Crippen LogP contribution in [0.25, 0.3) is 0 Å². The van der Waals surface area contributed by atoms with E-state index in [0.29, 0.717) is 28.8 Å². The molecule has 4 nitrogen and oxygen atoms in total. The molecule has 1 aromatic rings. The molecule has 0 atom stereocenters. The summed E-state index contributed by atoms with van der Waals surface area (Å²) in [4.78, 5) is 13.8. The monoisotopic (exact) mass is 254 g/mol. The zero-order valence-electron chi connectivity index (χ0n) is 10.1. The van der Waals surface area contributed by atoms with Crippen molar-refractivity contribution >= 4 is 28.9 Å². The van der Waals surface area contributed by atoms with Gasteiger partial charge in [-0.2, -0.15) is 0 Å². The number of carbonyl (C=O) groups is 1. The van der Waals surface area contributed by atoms with E-state index >= 15 is 0 Å². The molecule has 92 valence electrons. The first-order valence-electron chi connectivity index (χ1n) is 5.33. The Bertz CT molecular complexity index is 486. The quantitative estimate of drug-likeness (QED) is 0.723. The van der Waals surface area contributed by atoms with Gasteiger partial charge in [0.2, 0.25) is 5.91 Å². The van der Waals surface area contributed by atoms with E-state index in [2.05, 4.69) is 0 Å². The Balaban J connectivity index is 2.59. The summed E-state index contributed by atoms with van der Waals surface area (Å²) in [7, 11) is 1.70. The average Bonchev–Trinajstić information content (AvgIpc) is 2.31. The smallest absolute Gasteiger partial charge is 0.235 e. The van der Waals surface area contributed by atoms with Crippen LogP contribution in [-0.4, -0.2) is 19.6 Å². The third-order valence-corrected chi connectivity index (χ3v) is 3.15. The lowest BCUT2D eigenvalue weighted by Gasteiger charge is -2.24. The Morgan fingerprint density at radius 3 is 2.76 bits per heavy atom. The van der Waals surface area contributed by atoms with Gasteiger partial charge < -0.3 is 15.4 Å². The van der Waals surface area contributed by atoms with E-state index in [1.807, 2.05) is 13.8 Å². The highest BCUT2D eigenvalue weighted by molar-refractivity contribution is 6.33. The molecule has 0 aromatic heterocycles. The maximum absolute atomic E-state index is 12.2. The first-order valence-corrected chi connectivity index (χ1v) is 5.71. The van der Waals surface area contributed by atoms with Crippen LogP contribution in [0.4, 0.5) is 11.4 Å². The number of anilines is 2. The number of ether oxygens (including phenoxy) is 1. The molecule has 0 saturated carbocycles. The lowest BCUT2D eigenvalue weighted by Crippen LogP contribution is -2.39. The lowest BCUT2D eigenvalue weighted by molar-refractivity contribution is -0.127. The van der Waals surface area contributed by atoms with Crippen LogP contribution in [-0.2, 0) is 4.79 Å². The highest BCUT2D eigenvalue weighted by Gasteiger charge is 2.36. The highest BCUT2D eigenvalue weighted by atomic mass is 35.5. The molecule has 0 saturated heterocycles. The predicted molar refractivity (Wildman–Crippen MR) is 68.6 cm³/mol. The predicted octanol–water partition coefficient (Wildman–Crippen LogP) is 2.30. The van der Waals surface area contributed by atoms with Gasteiger partial charge >= 0.3 is 0 Å². The van der Waals surface area contributed by atoms with E-state index in [-0.39, 0.29) is 5.91 Å². The Labute approximate surface area is 105 Å². The Hall–Kier alpha value is -1.42. The molecule has 17 heavy (non-hydrogen) atoms. The van der Waals surface area contributed by atoms with Crippen LogP contribution in [0.15, 0.2) is 12.1 Å². The summed E-state index contributed by atoms with van der Waals surface area (Å²) in [5.74, 6) is 0.500. The molecule has 1 heterocycles. The second-order valence-electron chi connectivity index (χ2n) is 4.89. The first-order chi connectivity index (χ1) is 7.83. The minimum Gasteiger partial charge on any atom is -0.489 e. The third kappa shape index (κ3) is 1.93. The van der Waals surface area contributed by atoms with E-state index in [1.165, 1.54) is 0 Å². The standard InChI is InChI=1S/C12H15ClN2O2/c1-12(2)6-17-10-8(13)4-7(14)5-9(10)15(3)11(12)16/h4-5H,6,14H2,1-3H3. The van der Waals surface area contributed by atoms with Gasteiger partial charge in [0, 0.05) is 12.7 Å². The van der Waals surface area contributed by atoms with E-state index < -0.39 is 5.41 Å². The van der Waals surface area contributed by atoms with Gasteiger partial charge in [-0.05, 0) is 26.0 Å². The van der Waals surface area contributed by atoms with Crippen molar-refractivity contribution in [2.45, 2.75) is 13.8 Å². The maximum Gasteiger partial charge on any atom is 0.235 e. The van der Waals surface area contributed by atoms with E-state index in [0.717, 1.165) is 0 Å². The molecule has 5 heteroatoms. The summed E-state index contributed by atoms with van der Waals surface area (Å²) in [5, 5.41) is 0.428. The minimum absolute atomic E-state index is 0.0158. The van der Waals surface area contributed by atoms with Crippen molar-refractivity contribution in [1.82, 2.24) is 0 Å². The van der Waals surface area contributed by atoms with Gasteiger partial charge in [0.1, 0.15) is 6.61 Å². The topological polar surface area (TPSA) is 55.6 Å². The van der Waals surface area contributed by atoms with Crippen LogP contribution in [0.5, 0.6) is 5.75 Å². The van der Waals surface area contributed by atoms with Gasteiger partial charge in [0.25, 0.3) is 0 Å². The molecule has 2 N–H and O–H groups in total. The summed E-state index contributed by atoms with van der Waals surface area (Å²) in [6.45, 7) is 3.98. The molecule has 0 radical (unpaired) electrons. The number of hydrogen-bond donors (Lipinski definition) is 1. The number of benzene rings is 1. The number of nitrogen functional groups attached to an aromatic ring is 1. The van der Waals surface area contributed by atoms with Crippen LogP contribution in [0, 0.1) is 5.41 Å². The van der Waals surface area contributed by atoms with Crippen LogP contribution in [0.3, 0.4) is 0 Å². The number of carbonyl (C=O) groups excluding carboxylic acids is 1. The fourth-order valence-electron chi connectivity index (χ4n) is 1.87. The molecule has 1 aliphatic heterocycles. The molecule has 1 amide bonds. The van der Waals surface area contributed by atoms with Crippen molar-refractivity contribution in [2.75, 3.05) is 24.3 Å². The van der Waals surface area contributed by atoms with Gasteiger partial charge in [-0.3, -0.25) is 4.79 Å². The molecule has 0 bridgehead atoms.